The molecule has 17 atom stereocenters. The first-order chi connectivity index (χ1) is 50.3. The molecule has 12 N–H and O–H groups in total. The molecular formula is C84H151NO18. The van der Waals surface area contributed by atoms with E-state index < -0.39 is 124 Å². The van der Waals surface area contributed by atoms with Crippen LogP contribution in [0.3, 0.4) is 0 Å². The van der Waals surface area contributed by atoms with E-state index in [4.69, 9.17) is 28.4 Å². The maximum Gasteiger partial charge on any atom is 0.220 e. The third-order valence-corrected chi connectivity index (χ3v) is 20.5. The third-order valence-electron chi connectivity index (χ3n) is 20.5. The van der Waals surface area contributed by atoms with Crippen LogP contribution in [-0.4, -0.2) is 193 Å². The Balaban J connectivity index is 1.35. The number of aliphatic hydroxyl groups excluding tert-OH is 11. The normalized spacial score (nSPS) is 26.4. The highest BCUT2D eigenvalue weighted by Crippen LogP contribution is 2.33. The van der Waals surface area contributed by atoms with Crippen LogP contribution in [0.25, 0.3) is 0 Å². The van der Waals surface area contributed by atoms with Crippen molar-refractivity contribution in [2.45, 2.75) is 426 Å². The van der Waals surface area contributed by atoms with Crippen LogP contribution in [0.15, 0.2) is 72.9 Å². The molecule has 0 bridgehead atoms. The van der Waals surface area contributed by atoms with Gasteiger partial charge in [-0.25, -0.2) is 0 Å². The zero-order chi connectivity index (χ0) is 74.6. The van der Waals surface area contributed by atoms with Crippen LogP contribution in [-0.2, 0) is 33.2 Å². The number of carbonyl (C=O) groups is 1. The first kappa shape index (κ1) is 94.4. The lowest BCUT2D eigenvalue weighted by Crippen LogP contribution is -2.66. The minimum absolute atomic E-state index is 0.237. The van der Waals surface area contributed by atoms with Gasteiger partial charge in [0.25, 0.3) is 0 Å². The Labute approximate surface area is 623 Å². The Hall–Kier alpha value is -2.77. The first-order valence-electron chi connectivity index (χ1n) is 41.7. The monoisotopic (exact) mass is 1460 g/mol. The van der Waals surface area contributed by atoms with E-state index in [2.05, 4.69) is 79.9 Å². The van der Waals surface area contributed by atoms with E-state index in [0.29, 0.717) is 12.8 Å². The average Bonchev–Trinajstić information content (AvgIpc) is 0.781. The molecule has 3 aliphatic heterocycles. The molecule has 103 heavy (non-hydrogen) atoms. The van der Waals surface area contributed by atoms with Crippen LogP contribution in [0.2, 0.25) is 0 Å². The Morgan fingerprint density at radius 2 is 0.680 bits per heavy atom. The molecule has 600 valence electrons. The van der Waals surface area contributed by atoms with E-state index >= 15 is 0 Å². The van der Waals surface area contributed by atoms with E-state index in [1.54, 1.807) is 6.08 Å². The molecule has 3 heterocycles. The molecule has 19 heteroatoms. The van der Waals surface area contributed by atoms with Gasteiger partial charge in [-0.05, 0) is 70.6 Å². The molecule has 19 nitrogen and oxygen atoms in total. The minimum Gasteiger partial charge on any atom is -0.394 e. The topological polar surface area (TPSA) is 307 Å². The smallest absolute Gasteiger partial charge is 0.220 e. The first-order valence-corrected chi connectivity index (χ1v) is 41.7. The number of hydrogen-bond donors (Lipinski definition) is 12. The third kappa shape index (κ3) is 43.9. The molecular weight excluding hydrogens is 1310 g/mol. The van der Waals surface area contributed by atoms with E-state index in [0.717, 1.165) is 64.2 Å². The van der Waals surface area contributed by atoms with Gasteiger partial charge in [-0.15, -0.1) is 0 Å². The minimum atomic E-state index is -1.98. The van der Waals surface area contributed by atoms with E-state index in [1.165, 1.54) is 225 Å². The molecule has 0 aliphatic carbocycles. The van der Waals surface area contributed by atoms with Crippen molar-refractivity contribution in [2.75, 3.05) is 26.4 Å². The van der Waals surface area contributed by atoms with Crippen molar-refractivity contribution in [3.63, 3.8) is 0 Å². The molecule has 3 fully saturated rings. The number of rotatable bonds is 66. The van der Waals surface area contributed by atoms with Gasteiger partial charge in [-0.1, -0.05) is 318 Å². The van der Waals surface area contributed by atoms with Crippen molar-refractivity contribution in [1.29, 1.82) is 0 Å². The zero-order valence-corrected chi connectivity index (χ0v) is 64.3. The van der Waals surface area contributed by atoms with Gasteiger partial charge in [0.05, 0.1) is 38.6 Å². The highest BCUT2D eigenvalue weighted by molar-refractivity contribution is 5.76. The zero-order valence-electron chi connectivity index (χ0n) is 64.3. The Morgan fingerprint density at radius 3 is 1.09 bits per heavy atom. The molecule has 0 saturated carbocycles. The predicted octanol–water partition coefficient (Wildman–Crippen LogP) is 14.4. The van der Waals surface area contributed by atoms with Gasteiger partial charge in [0.1, 0.15) is 73.2 Å². The molecule has 3 aliphatic rings. The highest BCUT2D eigenvalue weighted by atomic mass is 16.8. The van der Waals surface area contributed by atoms with Crippen LogP contribution in [0, 0.1) is 0 Å². The van der Waals surface area contributed by atoms with Gasteiger partial charge in [-0.3, -0.25) is 4.79 Å². The summed E-state index contributed by atoms with van der Waals surface area (Å²) in [7, 11) is 0. The summed E-state index contributed by atoms with van der Waals surface area (Å²) in [4.78, 5) is 13.5. The van der Waals surface area contributed by atoms with Crippen molar-refractivity contribution in [3.05, 3.63) is 72.9 Å². The Bertz CT molecular complexity index is 2140. The highest BCUT2D eigenvalue weighted by Gasteiger charge is 2.54. The summed E-state index contributed by atoms with van der Waals surface area (Å²) < 4.78 is 34.5. The lowest BCUT2D eigenvalue weighted by molar-refractivity contribution is -0.379. The fraction of sp³-hybridized carbons (Fsp3) is 0.845. The summed E-state index contributed by atoms with van der Waals surface area (Å²) in [6, 6.07) is -0.992. The summed E-state index contributed by atoms with van der Waals surface area (Å²) in [5.41, 5.74) is 0. The second-order valence-corrected chi connectivity index (χ2v) is 29.6. The SMILES string of the molecule is CC/C=C\C/C=C\C/C=C\C/C=C\CCCCCCCCCCCCCCCCCCCCCCCCC(=O)NC(COC1OC(CO)C(OC2OC(CO)C(OC3OC(CO)C(O)C(O)C3O)C(O)C2O)C(O)C1O)C(O)/C=C/CC/C=C/CCCCCCCCCCCCCCCCCCC. The average molecular weight is 1460 g/mol. The molecule has 0 aromatic rings. The molecule has 0 aromatic carbocycles. The van der Waals surface area contributed by atoms with Gasteiger partial charge in [0.2, 0.25) is 5.91 Å². The van der Waals surface area contributed by atoms with E-state index in [1.807, 2.05) is 6.08 Å². The molecule has 0 aromatic heterocycles. The number of unbranched alkanes of at least 4 members (excludes halogenated alkanes) is 40. The number of nitrogens with one attached hydrogen (secondary N) is 1. The Morgan fingerprint density at radius 1 is 0.359 bits per heavy atom. The summed E-state index contributed by atoms with van der Waals surface area (Å²) in [6.45, 7) is 1.65. The van der Waals surface area contributed by atoms with Gasteiger partial charge >= 0.3 is 0 Å². The second kappa shape index (κ2) is 64.1. The Kier molecular flexibility index (Phi) is 58.8. The number of ether oxygens (including phenoxy) is 6. The maximum absolute atomic E-state index is 13.5. The number of aliphatic hydroxyl groups is 11. The van der Waals surface area contributed by atoms with Gasteiger partial charge < -0.3 is 89.9 Å². The van der Waals surface area contributed by atoms with Gasteiger partial charge in [0.15, 0.2) is 18.9 Å². The van der Waals surface area contributed by atoms with E-state index in [-0.39, 0.29) is 18.9 Å². The molecule has 17 unspecified atom stereocenters. The van der Waals surface area contributed by atoms with Crippen molar-refractivity contribution >= 4 is 5.91 Å². The van der Waals surface area contributed by atoms with Crippen molar-refractivity contribution in [2.24, 2.45) is 0 Å². The summed E-state index contributed by atoms with van der Waals surface area (Å²) in [5, 5.41) is 121. The standard InChI is InChI=1S/C84H151NO18/c1-3-5-7-9-11-13-15-17-19-21-23-25-27-28-29-30-31-32-33-34-35-36-37-38-40-42-44-46-48-50-52-54-56-58-60-62-72(90)85-67(68(89)61-59-57-55-53-51-49-47-45-43-41-39-26-24-22-20-18-16-14-12-10-8-6-4-2)66-98-82-78(96)75(93)80(70(64-87)100-82)103-84-79(97)76(94)81(71(65-88)101-84)102-83-77(95)74(92)73(91)69(63-86)99-83/h5,7,11,13,17,19,23,25,51,53,59,61,67-71,73-84,86-89,91-97H,3-4,6,8-10,12,14-16,18,20-22,24,26-50,52,54-58,60,62-66H2,1-2H3,(H,85,90)/b7-5-,13-11-,19-17-,25-23-,53-51+,61-59+. The van der Waals surface area contributed by atoms with Crippen LogP contribution >= 0.6 is 0 Å². The van der Waals surface area contributed by atoms with Crippen LogP contribution in [0.1, 0.15) is 322 Å². The van der Waals surface area contributed by atoms with E-state index in [9.17, 15) is 61.0 Å². The lowest BCUT2D eigenvalue weighted by Gasteiger charge is -2.48. The van der Waals surface area contributed by atoms with Crippen LogP contribution < -0.4 is 5.32 Å². The number of carbonyl (C=O) groups excluding carboxylic acids is 1. The predicted molar refractivity (Wildman–Crippen MR) is 411 cm³/mol. The fourth-order valence-electron chi connectivity index (χ4n) is 13.8. The quantitative estimate of drug-likeness (QED) is 0.0199. The molecule has 3 rings (SSSR count). The molecule has 0 spiro atoms. The molecule has 1 amide bonds. The fourth-order valence-corrected chi connectivity index (χ4v) is 13.8. The van der Waals surface area contributed by atoms with Crippen LogP contribution in [0.4, 0.5) is 0 Å². The number of amides is 1. The van der Waals surface area contributed by atoms with Crippen molar-refractivity contribution < 1.29 is 89.4 Å². The lowest BCUT2D eigenvalue weighted by atomic mass is 9.96. The van der Waals surface area contributed by atoms with Gasteiger partial charge in [0, 0.05) is 6.42 Å². The molecule has 0 radical (unpaired) electrons. The molecule has 3 saturated heterocycles. The van der Waals surface area contributed by atoms with Gasteiger partial charge in [-0.2, -0.15) is 0 Å². The number of hydrogen-bond acceptors (Lipinski definition) is 18. The summed E-state index contributed by atoms with van der Waals surface area (Å²) in [6.07, 6.45) is 57.6. The van der Waals surface area contributed by atoms with Crippen molar-refractivity contribution in [1.82, 2.24) is 5.32 Å². The van der Waals surface area contributed by atoms with Crippen LogP contribution in [0.5, 0.6) is 0 Å². The van der Waals surface area contributed by atoms with Crippen molar-refractivity contribution in [3.8, 4) is 0 Å². The number of allylic oxidation sites excluding steroid dienone is 11. The largest absolute Gasteiger partial charge is 0.394 e. The second-order valence-electron chi connectivity index (χ2n) is 29.6. The maximum atomic E-state index is 13.5. The summed E-state index contributed by atoms with van der Waals surface area (Å²) in [5.74, 6) is -0.281. The summed E-state index contributed by atoms with van der Waals surface area (Å²) >= 11 is 0.